The van der Waals surface area contributed by atoms with Gasteiger partial charge in [-0.05, 0) is 13.3 Å². The summed E-state index contributed by atoms with van der Waals surface area (Å²) in [6.45, 7) is 3.40. The van der Waals surface area contributed by atoms with Crippen molar-refractivity contribution in [3.8, 4) is 0 Å². The molecule has 1 atom stereocenters. The number of carbonyl (C=O) groups is 1. The number of hydrogen-bond acceptors (Lipinski definition) is 2. The third-order valence-corrected chi connectivity index (χ3v) is 0.962. The van der Waals surface area contributed by atoms with Crippen molar-refractivity contribution >= 4 is 5.78 Å². The van der Waals surface area contributed by atoms with Crippen LogP contribution in [0, 0.1) is 0 Å². The van der Waals surface area contributed by atoms with Gasteiger partial charge in [-0.2, -0.15) is 0 Å². The lowest BCUT2D eigenvalue weighted by atomic mass is 10.2. The molecule has 0 aliphatic rings. The van der Waals surface area contributed by atoms with Crippen LogP contribution in [0.2, 0.25) is 0 Å². The van der Waals surface area contributed by atoms with E-state index in [0.717, 1.165) is 6.42 Å². The SMILES string of the molecule is C.CCC(N)C(C)=O. The molecule has 0 fully saturated rings. The van der Waals surface area contributed by atoms with E-state index in [4.69, 9.17) is 5.73 Å². The molecule has 2 nitrogen and oxygen atoms in total. The minimum absolute atomic E-state index is 0. The molecular formula is C6H15NO. The molecule has 1 unspecified atom stereocenters. The van der Waals surface area contributed by atoms with E-state index in [1.165, 1.54) is 6.92 Å². The van der Waals surface area contributed by atoms with Gasteiger partial charge in [0.1, 0.15) is 5.78 Å². The molecule has 0 spiro atoms. The number of rotatable bonds is 2. The van der Waals surface area contributed by atoms with E-state index in [9.17, 15) is 4.79 Å². The second-order valence-electron chi connectivity index (χ2n) is 1.63. The van der Waals surface area contributed by atoms with Crippen molar-refractivity contribution in [2.75, 3.05) is 0 Å². The lowest BCUT2D eigenvalue weighted by Crippen LogP contribution is -2.26. The summed E-state index contributed by atoms with van der Waals surface area (Å²) in [5.41, 5.74) is 5.27. The molecule has 0 aliphatic carbocycles. The smallest absolute Gasteiger partial charge is 0.146 e. The zero-order valence-corrected chi connectivity index (χ0v) is 4.77. The van der Waals surface area contributed by atoms with Gasteiger partial charge in [0.25, 0.3) is 0 Å². The highest BCUT2D eigenvalue weighted by molar-refractivity contribution is 5.80. The van der Waals surface area contributed by atoms with Crippen molar-refractivity contribution in [1.82, 2.24) is 0 Å². The molecule has 0 bridgehead atoms. The summed E-state index contributed by atoms with van der Waals surface area (Å²) in [6, 6.07) is -0.236. The predicted octanol–water partition coefficient (Wildman–Crippen LogP) is 0.949. The molecule has 0 rings (SSSR count). The largest absolute Gasteiger partial charge is 0.322 e. The molecule has 2 heteroatoms. The number of carbonyl (C=O) groups excluding carboxylic acids is 1. The molecule has 0 saturated carbocycles. The zero-order chi connectivity index (χ0) is 5.86. The highest BCUT2D eigenvalue weighted by Crippen LogP contribution is 1.84. The number of ketones is 1. The molecule has 0 aliphatic heterocycles. The van der Waals surface area contributed by atoms with Crippen molar-refractivity contribution in [2.24, 2.45) is 5.73 Å². The summed E-state index contributed by atoms with van der Waals surface area (Å²) < 4.78 is 0. The van der Waals surface area contributed by atoms with Gasteiger partial charge < -0.3 is 5.73 Å². The maximum absolute atomic E-state index is 10.2. The van der Waals surface area contributed by atoms with E-state index in [1.54, 1.807) is 0 Å². The Bertz CT molecular complexity index is 70.9. The quantitative estimate of drug-likeness (QED) is 0.585. The Morgan fingerprint density at radius 1 is 1.75 bits per heavy atom. The highest BCUT2D eigenvalue weighted by Gasteiger charge is 2.01. The van der Waals surface area contributed by atoms with Gasteiger partial charge in [-0.1, -0.05) is 14.4 Å². The van der Waals surface area contributed by atoms with Crippen LogP contribution in [0.15, 0.2) is 0 Å². The average Bonchev–Trinajstić information content (AvgIpc) is 1.65. The van der Waals surface area contributed by atoms with Gasteiger partial charge in [0.05, 0.1) is 6.04 Å². The molecule has 50 valence electrons. The van der Waals surface area contributed by atoms with Crippen molar-refractivity contribution in [2.45, 2.75) is 33.7 Å². The van der Waals surface area contributed by atoms with E-state index in [-0.39, 0.29) is 19.3 Å². The first-order chi connectivity index (χ1) is 3.18. The molecule has 0 aromatic heterocycles. The number of nitrogens with two attached hydrogens (primary N) is 1. The van der Waals surface area contributed by atoms with Crippen LogP contribution in [0.25, 0.3) is 0 Å². The Labute approximate surface area is 51.1 Å². The Kier molecular flexibility index (Phi) is 6.32. The Balaban J connectivity index is 0. The third kappa shape index (κ3) is 3.81. The fourth-order valence-electron chi connectivity index (χ4n) is 0.287. The standard InChI is InChI=1S/C5H11NO.CH4/c1-3-5(6)4(2)7;/h5H,3,6H2,1-2H3;1H4. The molecular weight excluding hydrogens is 102 g/mol. The highest BCUT2D eigenvalue weighted by atomic mass is 16.1. The molecule has 0 aromatic rings. The van der Waals surface area contributed by atoms with Gasteiger partial charge in [-0.3, -0.25) is 4.79 Å². The summed E-state index contributed by atoms with van der Waals surface area (Å²) >= 11 is 0. The zero-order valence-electron chi connectivity index (χ0n) is 4.77. The van der Waals surface area contributed by atoms with E-state index in [1.807, 2.05) is 6.92 Å². The van der Waals surface area contributed by atoms with Crippen LogP contribution in [-0.4, -0.2) is 11.8 Å². The summed E-state index contributed by atoms with van der Waals surface area (Å²) in [7, 11) is 0. The second-order valence-corrected chi connectivity index (χ2v) is 1.63. The van der Waals surface area contributed by atoms with Crippen molar-refractivity contribution in [3.63, 3.8) is 0 Å². The van der Waals surface area contributed by atoms with E-state index < -0.39 is 0 Å². The lowest BCUT2D eigenvalue weighted by molar-refractivity contribution is -0.118. The van der Waals surface area contributed by atoms with Crippen LogP contribution in [0.4, 0.5) is 0 Å². The van der Waals surface area contributed by atoms with E-state index in [2.05, 4.69) is 0 Å². The lowest BCUT2D eigenvalue weighted by Gasteiger charge is -1.99. The minimum atomic E-state index is -0.236. The van der Waals surface area contributed by atoms with Gasteiger partial charge in [0.2, 0.25) is 0 Å². The van der Waals surface area contributed by atoms with Gasteiger partial charge in [0, 0.05) is 0 Å². The van der Waals surface area contributed by atoms with Gasteiger partial charge >= 0.3 is 0 Å². The van der Waals surface area contributed by atoms with Crippen LogP contribution < -0.4 is 5.73 Å². The Hall–Kier alpha value is -0.370. The summed E-state index contributed by atoms with van der Waals surface area (Å²) in [5.74, 6) is 0.0718. The van der Waals surface area contributed by atoms with Crippen LogP contribution in [-0.2, 0) is 4.79 Å². The van der Waals surface area contributed by atoms with E-state index in [0.29, 0.717) is 0 Å². The van der Waals surface area contributed by atoms with Crippen molar-refractivity contribution in [3.05, 3.63) is 0 Å². The third-order valence-electron chi connectivity index (χ3n) is 0.962. The topological polar surface area (TPSA) is 43.1 Å². The average molecular weight is 117 g/mol. The van der Waals surface area contributed by atoms with Crippen molar-refractivity contribution in [1.29, 1.82) is 0 Å². The maximum atomic E-state index is 10.2. The molecule has 0 heterocycles. The van der Waals surface area contributed by atoms with E-state index >= 15 is 0 Å². The van der Waals surface area contributed by atoms with Crippen LogP contribution in [0.1, 0.15) is 27.7 Å². The molecule has 0 aromatic carbocycles. The first-order valence-electron chi connectivity index (χ1n) is 2.44. The molecule has 0 radical (unpaired) electrons. The van der Waals surface area contributed by atoms with Gasteiger partial charge in [-0.25, -0.2) is 0 Å². The van der Waals surface area contributed by atoms with Crippen molar-refractivity contribution < 1.29 is 4.79 Å². The fraction of sp³-hybridized carbons (Fsp3) is 0.833. The van der Waals surface area contributed by atoms with Crippen LogP contribution in [0.5, 0.6) is 0 Å². The monoisotopic (exact) mass is 117 g/mol. The Morgan fingerprint density at radius 3 is 2.12 bits per heavy atom. The number of Topliss-reactive ketones (excluding diaryl/α,β-unsaturated/α-hetero) is 1. The Morgan fingerprint density at radius 2 is 2.12 bits per heavy atom. The minimum Gasteiger partial charge on any atom is -0.322 e. The fourth-order valence-corrected chi connectivity index (χ4v) is 0.287. The summed E-state index contributed by atoms with van der Waals surface area (Å²) in [5, 5.41) is 0. The van der Waals surface area contributed by atoms with Crippen LogP contribution in [0.3, 0.4) is 0 Å². The molecule has 0 saturated heterocycles. The van der Waals surface area contributed by atoms with Gasteiger partial charge in [-0.15, -0.1) is 0 Å². The summed E-state index contributed by atoms with van der Waals surface area (Å²) in [6.07, 6.45) is 0.745. The predicted molar refractivity (Wildman–Crippen MR) is 35.7 cm³/mol. The summed E-state index contributed by atoms with van der Waals surface area (Å²) in [4.78, 5) is 10.2. The van der Waals surface area contributed by atoms with Crippen LogP contribution >= 0.6 is 0 Å². The molecule has 2 N–H and O–H groups in total. The first-order valence-corrected chi connectivity index (χ1v) is 2.44. The van der Waals surface area contributed by atoms with Gasteiger partial charge in [0.15, 0.2) is 0 Å². The maximum Gasteiger partial charge on any atom is 0.146 e. The second kappa shape index (κ2) is 4.78. The normalized spacial score (nSPS) is 11.9. The number of hydrogen-bond donors (Lipinski definition) is 1. The first kappa shape index (κ1) is 10.6. The molecule has 8 heavy (non-hydrogen) atoms. The molecule has 0 amide bonds.